The van der Waals surface area contributed by atoms with Crippen molar-refractivity contribution in [2.75, 3.05) is 7.11 Å². The predicted molar refractivity (Wildman–Crippen MR) is 60.5 cm³/mol. The van der Waals surface area contributed by atoms with Gasteiger partial charge in [-0.05, 0) is 24.8 Å². The second-order valence-corrected chi connectivity index (χ2v) is 4.13. The van der Waals surface area contributed by atoms with E-state index >= 15 is 0 Å². The summed E-state index contributed by atoms with van der Waals surface area (Å²) in [6.45, 7) is 0. The lowest BCUT2D eigenvalue weighted by Gasteiger charge is -2.19. The van der Waals surface area contributed by atoms with Crippen molar-refractivity contribution >= 4 is 11.5 Å². The van der Waals surface area contributed by atoms with Crippen LogP contribution in [0, 0.1) is 5.92 Å². The number of esters is 1. The molecular weight excluding hydrogens is 204 g/mol. The normalized spacial score (nSPS) is 20.4. The van der Waals surface area contributed by atoms with Crippen LogP contribution in [0.1, 0.15) is 24.8 Å². The standard InChI is InChI=1S/C12H16N2O2/c1-14-8-11(7-13-14)9-3-5-10(6-4-9)12(15)16-2/h3,7-8,10H,4-6H2,1-2H3. The van der Waals surface area contributed by atoms with Crippen LogP contribution in [0.3, 0.4) is 0 Å². The van der Waals surface area contributed by atoms with Gasteiger partial charge in [-0.1, -0.05) is 6.08 Å². The molecule has 2 rings (SSSR count). The minimum absolute atomic E-state index is 0.0328. The van der Waals surface area contributed by atoms with Crippen molar-refractivity contribution in [2.24, 2.45) is 13.0 Å². The molecule has 0 N–H and O–H groups in total. The number of nitrogens with zero attached hydrogens (tertiary/aromatic N) is 2. The Morgan fingerprint density at radius 1 is 1.62 bits per heavy atom. The first-order chi connectivity index (χ1) is 7.70. The highest BCUT2D eigenvalue weighted by atomic mass is 16.5. The van der Waals surface area contributed by atoms with Gasteiger partial charge in [-0.3, -0.25) is 9.48 Å². The van der Waals surface area contributed by atoms with E-state index in [0.717, 1.165) is 24.8 Å². The number of carbonyl (C=O) groups excluding carboxylic acids is 1. The third kappa shape index (κ3) is 2.15. The minimum atomic E-state index is -0.0958. The summed E-state index contributed by atoms with van der Waals surface area (Å²) in [5.74, 6) is -0.0630. The van der Waals surface area contributed by atoms with Gasteiger partial charge in [0, 0.05) is 18.8 Å². The van der Waals surface area contributed by atoms with Crippen molar-refractivity contribution in [3.05, 3.63) is 24.0 Å². The fraction of sp³-hybridized carbons (Fsp3) is 0.500. The van der Waals surface area contributed by atoms with Crippen LogP contribution in [0.4, 0.5) is 0 Å². The lowest BCUT2D eigenvalue weighted by molar-refractivity contribution is -0.145. The number of rotatable bonds is 2. The summed E-state index contributed by atoms with van der Waals surface area (Å²) in [7, 11) is 3.35. The first kappa shape index (κ1) is 10.9. The maximum atomic E-state index is 11.3. The number of carbonyl (C=O) groups is 1. The molecule has 1 unspecified atom stereocenters. The molecule has 0 saturated carbocycles. The Morgan fingerprint density at radius 3 is 2.94 bits per heavy atom. The molecule has 4 nitrogen and oxygen atoms in total. The van der Waals surface area contributed by atoms with Crippen molar-refractivity contribution in [1.29, 1.82) is 0 Å². The number of allylic oxidation sites excluding steroid dienone is 2. The molecule has 1 atom stereocenters. The molecule has 0 aliphatic heterocycles. The molecule has 0 spiro atoms. The van der Waals surface area contributed by atoms with E-state index in [1.54, 1.807) is 4.68 Å². The summed E-state index contributed by atoms with van der Waals surface area (Å²) in [5.41, 5.74) is 2.44. The Morgan fingerprint density at radius 2 is 2.44 bits per heavy atom. The van der Waals surface area contributed by atoms with Crippen molar-refractivity contribution in [2.45, 2.75) is 19.3 Å². The molecule has 0 aromatic carbocycles. The Bertz CT molecular complexity index is 420. The number of aryl methyl sites for hydroxylation is 1. The van der Waals surface area contributed by atoms with Crippen molar-refractivity contribution < 1.29 is 9.53 Å². The fourth-order valence-electron chi connectivity index (χ4n) is 2.06. The van der Waals surface area contributed by atoms with Gasteiger partial charge in [-0.2, -0.15) is 5.10 Å². The number of ether oxygens (including phenoxy) is 1. The zero-order valence-corrected chi connectivity index (χ0v) is 9.64. The molecule has 1 heterocycles. The van der Waals surface area contributed by atoms with Gasteiger partial charge >= 0.3 is 5.97 Å². The highest BCUT2D eigenvalue weighted by Crippen LogP contribution is 2.30. The Labute approximate surface area is 94.9 Å². The molecule has 1 aliphatic carbocycles. The maximum Gasteiger partial charge on any atom is 0.308 e. The van der Waals surface area contributed by atoms with Crippen molar-refractivity contribution in [3.63, 3.8) is 0 Å². The summed E-state index contributed by atoms with van der Waals surface area (Å²) in [4.78, 5) is 11.3. The van der Waals surface area contributed by atoms with Gasteiger partial charge < -0.3 is 4.74 Å². The monoisotopic (exact) mass is 220 g/mol. The smallest absolute Gasteiger partial charge is 0.308 e. The number of hydrogen-bond donors (Lipinski definition) is 0. The van der Waals surface area contributed by atoms with E-state index in [1.165, 1.54) is 12.7 Å². The Kier molecular flexibility index (Phi) is 3.08. The Balaban J connectivity index is 2.06. The van der Waals surface area contributed by atoms with E-state index in [9.17, 15) is 4.79 Å². The van der Waals surface area contributed by atoms with E-state index < -0.39 is 0 Å². The lowest BCUT2D eigenvalue weighted by atomic mass is 9.87. The summed E-state index contributed by atoms with van der Waals surface area (Å²) < 4.78 is 6.54. The average Bonchev–Trinajstić information content (AvgIpc) is 2.75. The van der Waals surface area contributed by atoms with Crippen LogP contribution in [-0.2, 0) is 16.6 Å². The molecule has 0 saturated heterocycles. The number of methoxy groups -OCH3 is 1. The van der Waals surface area contributed by atoms with Crippen LogP contribution < -0.4 is 0 Å². The molecule has 0 fully saturated rings. The quantitative estimate of drug-likeness (QED) is 0.713. The predicted octanol–water partition coefficient (Wildman–Crippen LogP) is 1.78. The van der Waals surface area contributed by atoms with Crippen LogP contribution in [0.15, 0.2) is 18.5 Å². The molecule has 1 aromatic heterocycles. The number of hydrogen-bond acceptors (Lipinski definition) is 3. The number of aromatic nitrogens is 2. The second-order valence-electron chi connectivity index (χ2n) is 4.13. The van der Waals surface area contributed by atoms with E-state index in [-0.39, 0.29) is 11.9 Å². The molecule has 16 heavy (non-hydrogen) atoms. The molecule has 0 radical (unpaired) electrons. The SMILES string of the molecule is COC(=O)C1CC=C(c2cnn(C)c2)CC1. The third-order valence-corrected chi connectivity index (χ3v) is 3.02. The maximum absolute atomic E-state index is 11.3. The van der Waals surface area contributed by atoms with Crippen LogP contribution in [0.2, 0.25) is 0 Å². The fourth-order valence-corrected chi connectivity index (χ4v) is 2.06. The first-order valence-electron chi connectivity index (χ1n) is 5.46. The van der Waals surface area contributed by atoms with Crippen LogP contribution in [0.25, 0.3) is 5.57 Å². The molecular formula is C12H16N2O2. The molecule has 1 aliphatic rings. The summed E-state index contributed by atoms with van der Waals surface area (Å²) in [6, 6.07) is 0. The van der Waals surface area contributed by atoms with Crippen LogP contribution in [0.5, 0.6) is 0 Å². The zero-order valence-electron chi connectivity index (χ0n) is 9.64. The van der Waals surface area contributed by atoms with Gasteiger partial charge in [0.25, 0.3) is 0 Å². The van der Waals surface area contributed by atoms with Crippen molar-refractivity contribution in [3.8, 4) is 0 Å². The van der Waals surface area contributed by atoms with E-state index in [0.29, 0.717) is 0 Å². The first-order valence-corrected chi connectivity index (χ1v) is 5.46. The van der Waals surface area contributed by atoms with Crippen molar-refractivity contribution in [1.82, 2.24) is 9.78 Å². The van der Waals surface area contributed by atoms with Crippen LogP contribution in [-0.4, -0.2) is 22.9 Å². The molecule has 0 amide bonds. The van der Waals surface area contributed by atoms with Gasteiger partial charge in [-0.25, -0.2) is 0 Å². The van der Waals surface area contributed by atoms with Gasteiger partial charge in [0.15, 0.2) is 0 Å². The largest absolute Gasteiger partial charge is 0.469 e. The highest BCUT2D eigenvalue weighted by molar-refractivity contribution is 5.75. The Hall–Kier alpha value is -1.58. The van der Waals surface area contributed by atoms with E-state index in [1.807, 2.05) is 19.4 Å². The summed E-state index contributed by atoms with van der Waals surface area (Å²) in [5, 5.41) is 4.15. The van der Waals surface area contributed by atoms with E-state index in [2.05, 4.69) is 11.2 Å². The zero-order chi connectivity index (χ0) is 11.5. The van der Waals surface area contributed by atoms with Gasteiger partial charge in [-0.15, -0.1) is 0 Å². The molecule has 0 bridgehead atoms. The lowest BCUT2D eigenvalue weighted by Crippen LogP contribution is -2.18. The van der Waals surface area contributed by atoms with Gasteiger partial charge in [0.1, 0.15) is 0 Å². The highest BCUT2D eigenvalue weighted by Gasteiger charge is 2.22. The molecule has 1 aromatic rings. The van der Waals surface area contributed by atoms with E-state index in [4.69, 9.17) is 4.74 Å². The minimum Gasteiger partial charge on any atom is -0.469 e. The average molecular weight is 220 g/mol. The van der Waals surface area contributed by atoms with Gasteiger partial charge in [0.2, 0.25) is 0 Å². The van der Waals surface area contributed by atoms with Crippen LogP contribution >= 0.6 is 0 Å². The molecule has 4 heteroatoms. The molecule has 86 valence electrons. The van der Waals surface area contributed by atoms with Gasteiger partial charge in [0.05, 0.1) is 19.2 Å². The second kappa shape index (κ2) is 4.51. The summed E-state index contributed by atoms with van der Waals surface area (Å²) >= 11 is 0. The topological polar surface area (TPSA) is 44.1 Å². The summed E-state index contributed by atoms with van der Waals surface area (Å²) in [6.07, 6.45) is 8.56. The third-order valence-electron chi connectivity index (χ3n) is 3.02.